The predicted octanol–water partition coefficient (Wildman–Crippen LogP) is 4.28. The van der Waals surface area contributed by atoms with E-state index in [1.165, 1.54) is 36.0 Å². The largest absolute Gasteiger partial charge is 0.368 e. The van der Waals surface area contributed by atoms with Gasteiger partial charge in [-0.05, 0) is 43.7 Å². The fourth-order valence-corrected chi connectivity index (χ4v) is 5.01. The van der Waals surface area contributed by atoms with Crippen molar-refractivity contribution in [2.24, 2.45) is 0 Å². The highest BCUT2D eigenvalue weighted by molar-refractivity contribution is 7.92. The molecule has 3 heterocycles. The quantitative estimate of drug-likeness (QED) is 0.234. The maximum absolute atomic E-state index is 14.8. The van der Waals surface area contributed by atoms with Crippen LogP contribution in [0.2, 0.25) is 0 Å². The highest BCUT2D eigenvalue weighted by atomic mass is 32.2. The first-order chi connectivity index (χ1) is 19.7. The Labute approximate surface area is 235 Å². The number of pyridine rings is 1. The van der Waals surface area contributed by atoms with E-state index in [9.17, 15) is 17.6 Å². The monoisotopic (exact) mass is 574 g/mol. The van der Waals surface area contributed by atoms with Crippen molar-refractivity contribution in [3.8, 4) is 16.8 Å². The van der Waals surface area contributed by atoms with Crippen molar-refractivity contribution in [3.05, 3.63) is 95.2 Å². The van der Waals surface area contributed by atoms with Crippen LogP contribution in [0, 0.1) is 5.82 Å². The molecule has 0 saturated carbocycles. The number of anilines is 3. The van der Waals surface area contributed by atoms with Crippen LogP contribution >= 0.6 is 0 Å². The number of nitrogens with two attached hydrogens (primary N) is 1. The lowest BCUT2D eigenvalue weighted by Crippen LogP contribution is -2.29. The number of hydrogen-bond donors (Lipinski definition) is 3. The summed E-state index contributed by atoms with van der Waals surface area (Å²) in [4.78, 5) is 31.1. The molecule has 41 heavy (non-hydrogen) atoms. The van der Waals surface area contributed by atoms with Crippen molar-refractivity contribution in [2.45, 2.75) is 26.3 Å². The molecule has 11 nitrogen and oxygen atoms in total. The summed E-state index contributed by atoms with van der Waals surface area (Å²) in [6.45, 7) is 3.44. The van der Waals surface area contributed by atoms with Gasteiger partial charge < -0.3 is 11.1 Å². The summed E-state index contributed by atoms with van der Waals surface area (Å²) in [5.74, 6) is -0.105. The predicted molar refractivity (Wildman–Crippen MR) is 157 cm³/mol. The standard InChI is InChI=1S/C28H27FN8O3S/c1-3-22(26-34-23-12-8-11-21(29)24(23)27(38)37(26)19-9-6-5-7-10-19)33-25-20(16-32-28(30)35-25)17-13-18(15-31-14-17)36-41(39,40)4-2/h5-16,22,36H,3-4H2,1-2H3,(H3,30,32,33,35). The van der Waals surface area contributed by atoms with Gasteiger partial charge in [0.25, 0.3) is 5.56 Å². The summed E-state index contributed by atoms with van der Waals surface area (Å²) in [5.41, 5.74) is 7.43. The zero-order valence-corrected chi connectivity index (χ0v) is 23.1. The van der Waals surface area contributed by atoms with E-state index in [0.717, 1.165) is 0 Å². The Balaban J connectivity index is 1.64. The normalized spacial score (nSPS) is 12.3. The Hall–Kier alpha value is -4.91. The maximum Gasteiger partial charge on any atom is 0.269 e. The van der Waals surface area contributed by atoms with Gasteiger partial charge in [-0.2, -0.15) is 4.98 Å². The van der Waals surface area contributed by atoms with Crippen LogP contribution in [0.15, 0.2) is 78.0 Å². The topological polar surface area (TPSA) is 158 Å². The number of sulfonamides is 1. The zero-order chi connectivity index (χ0) is 29.1. The van der Waals surface area contributed by atoms with Crippen LogP contribution in [0.4, 0.5) is 21.8 Å². The summed E-state index contributed by atoms with van der Waals surface area (Å²) < 4.78 is 42.9. The molecular formula is C28H27FN8O3S. The first kappa shape index (κ1) is 27.6. The number of benzene rings is 2. The van der Waals surface area contributed by atoms with Crippen molar-refractivity contribution in [1.29, 1.82) is 0 Å². The van der Waals surface area contributed by atoms with Gasteiger partial charge in [0, 0.05) is 23.5 Å². The molecule has 0 saturated heterocycles. The van der Waals surface area contributed by atoms with Gasteiger partial charge in [-0.25, -0.2) is 22.8 Å². The lowest BCUT2D eigenvalue weighted by Gasteiger charge is -2.23. The summed E-state index contributed by atoms with van der Waals surface area (Å²) in [6, 6.07) is 14.2. The van der Waals surface area contributed by atoms with Crippen LogP contribution in [0.5, 0.6) is 0 Å². The molecule has 0 bridgehead atoms. The summed E-state index contributed by atoms with van der Waals surface area (Å²) in [5, 5.41) is 3.22. The highest BCUT2D eigenvalue weighted by Crippen LogP contribution is 2.32. The Morgan fingerprint density at radius 2 is 1.80 bits per heavy atom. The van der Waals surface area contributed by atoms with Gasteiger partial charge in [-0.15, -0.1) is 0 Å². The smallest absolute Gasteiger partial charge is 0.269 e. The average Bonchev–Trinajstić information content (AvgIpc) is 2.96. The lowest BCUT2D eigenvalue weighted by molar-refractivity contribution is 0.602. The molecule has 0 aliphatic heterocycles. The Bertz CT molecular complexity index is 1900. The molecule has 5 rings (SSSR count). The number of halogens is 1. The molecule has 0 fully saturated rings. The Kier molecular flexibility index (Phi) is 7.62. The Morgan fingerprint density at radius 1 is 1.02 bits per heavy atom. The third-order valence-electron chi connectivity index (χ3n) is 6.43. The van der Waals surface area contributed by atoms with Crippen LogP contribution < -0.4 is 21.3 Å². The van der Waals surface area contributed by atoms with E-state index in [-0.39, 0.29) is 28.3 Å². The lowest BCUT2D eigenvalue weighted by atomic mass is 10.1. The van der Waals surface area contributed by atoms with Gasteiger partial charge in [-0.3, -0.25) is 19.1 Å². The fourth-order valence-electron chi connectivity index (χ4n) is 4.39. The number of nitrogens with one attached hydrogen (secondary N) is 2. The van der Waals surface area contributed by atoms with Gasteiger partial charge in [-0.1, -0.05) is 31.2 Å². The number of hydrogen-bond acceptors (Lipinski definition) is 9. The van der Waals surface area contributed by atoms with Gasteiger partial charge in [0.2, 0.25) is 16.0 Å². The van der Waals surface area contributed by atoms with Crippen LogP contribution in [0.1, 0.15) is 32.1 Å². The van der Waals surface area contributed by atoms with Crippen LogP contribution in [0.3, 0.4) is 0 Å². The number of para-hydroxylation sites is 1. The first-order valence-electron chi connectivity index (χ1n) is 12.8. The molecule has 4 N–H and O–H groups in total. The van der Waals surface area contributed by atoms with Gasteiger partial charge in [0.05, 0.1) is 34.9 Å². The summed E-state index contributed by atoms with van der Waals surface area (Å²) in [6.07, 6.45) is 4.90. The molecule has 1 atom stereocenters. The average molecular weight is 575 g/mol. The van der Waals surface area contributed by atoms with E-state index in [0.29, 0.717) is 34.9 Å². The van der Waals surface area contributed by atoms with E-state index in [1.807, 2.05) is 13.0 Å². The van der Waals surface area contributed by atoms with E-state index < -0.39 is 27.4 Å². The molecule has 13 heteroatoms. The van der Waals surface area contributed by atoms with E-state index in [1.54, 1.807) is 42.6 Å². The molecular weight excluding hydrogens is 547 g/mol. The molecule has 1 unspecified atom stereocenters. The molecule has 0 aliphatic carbocycles. The summed E-state index contributed by atoms with van der Waals surface area (Å²) in [7, 11) is -3.53. The molecule has 0 aliphatic rings. The highest BCUT2D eigenvalue weighted by Gasteiger charge is 2.23. The van der Waals surface area contributed by atoms with E-state index >= 15 is 0 Å². The molecule has 5 aromatic rings. The maximum atomic E-state index is 14.8. The van der Waals surface area contributed by atoms with Gasteiger partial charge in [0.1, 0.15) is 22.8 Å². The number of aromatic nitrogens is 5. The van der Waals surface area contributed by atoms with Crippen molar-refractivity contribution >= 4 is 38.4 Å². The zero-order valence-electron chi connectivity index (χ0n) is 22.2. The van der Waals surface area contributed by atoms with Crippen molar-refractivity contribution < 1.29 is 12.8 Å². The number of fused-ring (bicyclic) bond motifs is 1. The van der Waals surface area contributed by atoms with Crippen molar-refractivity contribution in [3.63, 3.8) is 0 Å². The van der Waals surface area contributed by atoms with E-state index in [2.05, 4.69) is 25.0 Å². The minimum Gasteiger partial charge on any atom is -0.368 e. The SMILES string of the molecule is CCC(Nc1nc(N)ncc1-c1cncc(NS(=O)(=O)CC)c1)c1nc2cccc(F)c2c(=O)n1-c1ccccc1. The molecule has 2 aromatic carbocycles. The van der Waals surface area contributed by atoms with Crippen LogP contribution in [0.25, 0.3) is 27.7 Å². The van der Waals surface area contributed by atoms with Crippen molar-refractivity contribution in [1.82, 2.24) is 24.5 Å². The van der Waals surface area contributed by atoms with Crippen molar-refractivity contribution in [2.75, 3.05) is 21.5 Å². The second-order valence-corrected chi connectivity index (χ2v) is 11.2. The van der Waals surface area contributed by atoms with Crippen LogP contribution in [-0.4, -0.2) is 38.7 Å². The fraction of sp³-hybridized carbons (Fsp3) is 0.179. The Morgan fingerprint density at radius 3 is 2.54 bits per heavy atom. The minimum absolute atomic E-state index is 0.00380. The number of nitrogens with zero attached hydrogens (tertiary/aromatic N) is 5. The third kappa shape index (κ3) is 5.70. The van der Waals surface area contributed by atoms with Crippen LogP contribution in [-0.2, 0) is 10.0 Å². The summed E-state index contributed by atoms with van der Waals surface area (Å²) >= 11 is 0. The second-order valence-electron chi connectivity index (χ2n) is 9.14. The molecule has 0 spiro atoms. The number of rotatable bonds is 9. The molecule has 0 amide bonds. The van der Waals surface area contributed by atoms with Gasteiger partial charge in [0.15, 0.2) is 0 Å². The number of nitrogen functional groups attached to an aromatic ring is 1. The second kappa shape index (κ2) is 11.3. The molecule has 3 aromatic heterocycles. The minimum atomic E-state index is -3.53. The third-order valence-corrected chi connectivity index (χ3v) is 7.73. The van der Waals surface area contributed by atoms with E-state index in [4.69, 9.17) is 10.7 Å². The van der Waals surface area contributed by atoms with Gasteiger partial charge >= 0.3 is 0 Å². The molecule has 210 valence electrons. The molecule has 0 radical (unpaired) electrons. The first-order valence-corrected chi connectivity index (χ1v) is 14.5.